The minimum Gasteiger partial charge on any atom is -0.348 e. The summed E-state index contributed by atoms with van der Waals surface area (Å²) in [7, 11) is 0. The lowest BCUT2D eigenvalue weighted by Crippen LogP contribution is -2.35. The summed E-state index contributed by atoms with van der Waals surface area (Å²) in [5.74, 6) is 1.12. The Bertz CT molecular complexity index is 405. The average molecular weight is 257 g/mol. The van der Waals surface area contributed by atoms with Crippen LogP contribution in [0.25, 0.3) is 0 Å². The van der Waals surface area contributed by atoms with Crippen molar-refractivity contribution in [2.24, 2.45) is 0 Å². The van der Waals surface area contributed by atoms with Gasteiger partial charge in [0.05, 0.1) is 5.56 Å². The highest BCUT2D eigenvalue weighted by atomic mass is 32.2. The molecule has 0 bridgehead atoms. The largest absolute Gasteiger partial charge is 0.348 e. The third-order valence-electron chi connectivity index (χ3n) is 2.46. The van der Waals surface area contributed by atoms with Crippen LogP contribution in [0, 0.1) is 5.82 Å². The first-order chi connectivity index (χ1) is 7.66. The van der Waals surface area contributed by atoms with E-state index in [-0.39, 0.29) is 17.5 Å². The minimum absolute atomic E-state index is 0.0735. The first-order valence-electron chi connectivity index (χ1n) is 5.04. The predicted molar refractivity (Wildman–Crippen MR) is 66.8 cm³/mol. The topological polar surface area (TPSA) is 29.1 Å². The number of hydrogen-bond acceptors (Lipinski definition) is 3. The molecule has 0 spiro atoms. The van der Waals surface area contributed by atoms with Gasteiger partial charge in [-0.15, -0.1) is 12.6 Å². The van der Waals surface area contributed by atoms with Crippen LogP contribution < -0.4 is 5.32 Å². The molecule has 0 aromatic heterocycles. The van der Waals surface area contributed by atoms with Crippen LogP contribution in [0.5, 0.6) is 0 Å². The van der Waals surface area contributed by atoms with Gasteiger partial charge in [0.2, 0.25) is 0 Å². The van der Waals surface area contributed by atoms with E-state index in [0.29, 0.717) is 4.90 Å². The van der Waals surface area contributed by atoms with Gasteiger partial charge in [-0.05, 0) is 30.4 Å². The van der Waals surface area contributed by atoms with E-state index in [9.17, 15) is 9.18 Å². The molecule has 5 heteroatoms. The van der Waals surface area contributed by atoms with Gasteiger partial charge in [0, 0.05) is 16.7 Å². The summed E-state index contributed by atoms with van der Waals surface area (Å²) in [4.78, 5) is 12.4. The molecule has 1 N–H and O–H groups in total. The summed E-state index contributed by atoms with van der Waals surface area (Å²) < 4.78 is 13.4. The standard InChI is InChI=1S/C11H12FNOS2/c12-10-2-1-8(15)5-9(10)11(14)13-7-3-4-16-6-7/h1-2,5,7,15H,3-4,6H2,(H,13,14). The Morgan fingerprint density at radius 2 is 2.38 bits per heavy atom. The highest BCUT2D eigenvalue weighted by Crippen LogP contribution is 2.18. The van der Waals surface area contributed by atoms with Gasteiger partial charge < -0.3 is 5.32 Å². The van der Waals surface area contributed by atoms with Gasteiger partial charge in [-0.1, -0.05) is 0 Å². The number of rotatable bonds is 2. The molecule has 1 atom stereocenters. The van der Waals surface area contributed by atoms with Crippen LogP contribution in [0.1, 0.15) is 16.8 Å². The molecule has 1 aromatic carbocycles. The Morgan fingerprint density at radius 3 is 3.06 bits per heavy atom. The van der Waals surface area contributed by atoms with Crippen LogP contribution in [0.3, 0.4) is 0 Å². The van der Waals surface area contributed by atoms with Crippen LogP contribution in [0.15, 0.2) is 23.1 Å². The fourth-order valence-corrected chi connectivity index (χ4v) is 2.95. The molecule has 0 aliphatic carbocycles. The van der Waals surface area contributed by atoms with Crippen LogP contribution in [-0.4, -0.2) is 23.5 Å². The number of halogens is 1. The summed E-state index contributed by atoms with van der Waals surface area (Å²) in [6, 6.07) is 4.41. The Hall–Kier alpha value is -0.680. The normalized spacial score (nSPS) is 19.8. The van der Waals surface area contributed by atoms with Crippen molar-refractivity contribution in [3.8, 4) is 0 Å². The monoisotopic (exact) mass is 257 g/mol. The van der Waals surface area contributed by atoms with Crippen LogP contribution >= 0.6 is 24.4 Å². The highest BCUT2D eigenvalue weighted by Gasteiger charge is 2.20. The Labute approximate surface area is 103 Å². The average Bonchev–Trinajstić information content (AvgIpc) is 2.74. The lowest BCUT2D eigenvalue weighted by molar-refractivity contribution is 0.0937. The lowest BCUT2D eigenvalue weighted by Gasteiger charge is -2.11. The maximum absolute atomic E-state index is 13.4. The SMILES string of the molecule is O=C(NC1CCSC1)c1cc(S)ccc1F. The van der Waals surface area contributed by atoms with Gasteiger partial charge in [0.15, 0.2) is 0 Å². The maximum atomic E-state index is 13.4. The molecule has 1 saturated heterocycles. The van der Waals surface area contributed by atoms with Gasteiger partial charge in [0.1, 0.15) is 5.82 Å². The molecular weight excluding hydrogens is 245 g/mol. The Kier molecular flexibility index (Phi) is 3.76. The lowest BCUT2D eigenvalue weighted by atomic mass is 10.1. The summed E-state index contributed by atoms with van der Waals surface area (Å²) in [6.45, 7) is 0. The maximum Gasteiger partial charge on any atom is 0.254 e. The van der Waals surface area contributed by atoms with Crippen molar-refractivity contribution in [3.63, 3.8) is 0 Å². The van der Waals surface area contributed by atoms with Crippen molar-refractivity contribution in [2.45, 2.75) is 17.4 Å². The second-order valence-corrected chi connectivity index (χ2v) is 5.36. The molecule has 1 heterocycles. The number of thioether (sulfide) groups is 1. The molecule has 1 aliphatic rings. The van der Waals surface area contributed by atoms with Crippen molar-refractivity contribution in [1.82, 2.24) is 5.32 Å². The zero-order chi connectivity index (χ0) is 11.5. The third-order valence-corrected chi connectivity index (χ3v) is 3.90. The van der Waals surface area contributed by atoms with Crippen molar-refractivity contribution < 1.29 is 9.18 Å². The highest BCUT2D eigenvalue weighted by molar-refractivity contribution is 7.99. The molecule has 86 valence electrons. The smallest absolute Gasteiger partial charge is 0.254 e. The number of hydrogen-bond donors (Lipinski definition) is 2. The summed E-state index contributed by atoms with van der Waals surface area (Å²) >= 11 is 5.90. The van der Waals surface area contributed by atoms with Gasteiger partial charge in [-0.3, -0.25) is 4.79 Å². The molecule has 2 rings (SSSR count). The molecule has 2 nitrogen and oxygen atoms in total. The number of nitrogens with one attached hydrogen (secondary N) is 1. The van der Waals surface area contributed by atoms with Crippen molar-refractivity contribution >= 4 is 30.3 Å². The summed E-state index contributed by atoms with van der Waals surface area (Å²) in [5.41, 5.74) is 0.0735. The Morgan fingerprint density at radius 1 is 1.56 bits per heavy atom. The third kappa shape index (κ3) is 2.71. The number of thiol groups is 1. The fourth-order valence-electron chi connectivity index (χ4n) is 1.60. The molecule has 1 aliphatic heterocycles. The van der Waals surface area contributed by atoms with Crippen molar-refractivity contribution in [1.29, 1.82) is 0 Å². The molecule has 0 saturated carbocycles. The van der Waals surface area contributed by atoms with E-state index in [4.69, 9.17) is 0 Å². The number of carbonyl (C=O) groups excluding carboxylic acids is 1. The van der Waals surface area contributed by atoms with E-state index in [1.54, 1.807) is 11.8 Å². The summed E-state index contributed by atoms with van der Waals surface area (Å²) in [5, 5.41) is 2.83. The fraction of sp³-hybridized carbons (Fsp3) is 0.364. The van der Waals surface area contributed by atoms with Crippen molar-refractivity contribution in [3.05, 3.63) is 29.6 Å². The zero-order valence-electron chi connectivity index (χ0n) is 8.57. The molecular formula is C11H12FNOS2. The van der Waals surface area contributed by atoms with E-state index in [1.807, 2.05) is 0 Å². The minimum atomic E-state index is -0.499. The predicted octanol–water partition coefficient (Wildman–Crippen LogP) is 2.35. The second kappa shape index (κ2) is 5.10. The first kappa shape index (κ1) is 11.8. The molecule has 1 amide bonds. The number of amides is 1. The quantitative estimate of drug-likeness (QED) is 0.796. The second-order valence-electron chi connectivity index (χ2n) is 3.70. The van der Waals surface area contributed by atoms with Gasteiger partial charge >= 0.3 is 0 Å². The first-order valence-corrected chi connectivity index (χ1v) is 6.64. The molecule has 1 fully saturated rings. The van der Waals surface area contributed by atoms with Crippen LogP contribution in [0.2, 0.25) is 0 Å². The van der Waals surface area contributed by atoms with Gasteiger partial charge in [0.25, 0.3) is 5.91 Å². The van der Waals surface area contributed by atoms with Gasteiger partial charge in [-0.25, -0.2) is 4.39 Å². The summed E-state index contributed by atoms with van der Waals surface area (Å²) in [6.07, 6.45) is 0.957. The van der Waals surface area contributed by atoms with Crippen molar-refractivity contribution in [2.75, 3.05) is 11.5 Å². The van der Waals surface area contributed by atoms with E-state index in [1.165, 1.54) is 18.2 Å². The van der Waals surface area contributed by atoms with E-state index in [0.717, 1.165) is 17.9 Å². The molecule has 0 radical (unpaired) electrons. The van der Waals surface area contributed by atoms with Crippen LogP contribution in [-0.2, 0) is 0 Å². The van der Waals surface area contributed by atoms with E-state index >= 15 is 0 Å². The number of carbonyl (C=O) groups is 1. The molecule has 16 heavy (non-hydrogen) atoms. The Balaban J connectivity index is 2.10. The van der Waals surface area contributed by atoms with E-state index < -0.39 is 5.82 Å². The van der Waals surface area contributed by atoms with Gasteiger partial charge in [-0.2, -0.15) is 11.8 Å². The zero-order valence-corrected chi connectivity index (χ0v) is 10.3. The molecule has 1 unspecified atom stereocenters. The molecule has 1 aromatic rings. The number of benzene rings is 1. The van der Waals surface area contributed by atoms with E-state index in [2.05, 4.69) is 17.9 Å². The van der Waals surface area contributed by atoms with Crippen LogP contribution in [0.4, 0.5) is 4.39 Å².